The number of rotatable bonds is 5. The van der Waals surface area contributed by atoms with Gasteiger partial charge in [0.05, 0.1) is 11.0 Å². The molecule has 19 heavy (non-hydrogen) atoms. The summed E-state index contributed by atoms with van der Waals surface area (Å²) in [5.74, 6) is 0.107. The Balaban J connectivity index is 2.06. The van der Waals surface area contributed by atoms with Gasteiger partial charge in [-0.1, -0.05) is 11.6 Å². The molecule has 0 bridgehead atoms. The molecule has 7 nitrogen and oxygen atoms in total. The highest BCUT2D eigenvalue weighted by Gasteiger charge is 2.30. The monoisotopic (exact) mass is 326 g/mol. The lowest BCUT2D eigenvalue weighted by Gasteiger charge is -2.31. The molecule has 0 saturated heterocycles. The number of aliphatic hydroxyl groups excluding tert-OH is 1. The molecule has 2 rings (SSSR count). The first kappa shape index (κ1) is 14.7. The average molecular weight is 327 g/mol. The molecule has 1 fully saturated rings. The molecule has 1 saturated carbocycles. The van der Waals surface area contributed by atoms with Crippen LogP contribution in [0.2, 0.25) is 4.34 Å². The summed E-state index contributed by atoms with van der Waals surface area (Å²) in [5.41, 5.74) is -0.411. The zero-order valence-electron chi connectivity index (χ0n) is 9.58. The number of sulfonamides is 1. The van der Waals surface area contributed by atoms with Crippen LogP contribution in [0.25, 0.3) is 0 Å². The first-order valence-electron chi connectivity index (χ1n) is 5.41. The average Bonchev–Trinajstić information content (AvgIpc) is 2.66. The second-order valence-corrected chi connectivity index (χ2v) is 7.97. The molecule has 0 spiro atoms. The van der Waals surface area contributed by atoms with Gasteiger partial charge in [0, 0.05) is 12.6 Å². The summed E-state index contributed by atoms with van der Waals surface area (Å²) in [4.78, 5) is 9.88. The van der Waals surface area contributed by atoms with Gasteiger partial charge in [-0.25, -0.2) is 13.1 Å². The van der Waals surface area contributed by atoms with Crippen molar-refractivity contribution < 1.29 is 18.4 Å². The van der Waals surface area contributed by atoms with Crippen LogP contribution in [-0.2, 0) is 10.0 Å². The maximum Gasteiger partial charge on any atom is 0.300 e. The van der Waals surface area contributed by atoms with Crippen LogP contribution in [0.5, 0.6) is 0 Å². The molecule has 0 aromatic carbocycles. The summed E-state index contributed by atoms with van der Waals surface area (Å²) >= 11 is 6.27. The Morgan fingerprint density at radius 3 is 2.68 bits per heavy atom. The van der Waals surface area contributed by atoms with E-state index < -0.39 is 20.6 Å². The topological polar surface area (TPSA) is 110 Å². The Labute approximate surface area is 118 Å². The van der Waals surface area contributed by atoms with E-state index in [2.05, 4.69) is 4.72 Å². The van der Waals surface area contributed by atoms with Gasteiger partial charge in [0.15, 0.2) is 4.34 Å². The van der Waals surface area contributed by atoms with Gasteiger partial charge >= 0.3 is 0 Å². The van der Waals surface area contributed by atoms with E-state index in [0.29, 0.717) is 24.2 Å². The molecule has 0 amide bonds. The molecule has 1 heterocycles. The number of nitrogens with one attached hydrogen (secondary N) is 1. The van der Waals surface area contributed by atoms with Gasteiger partial charge in [0.1, 0.15) is 4.21 Å². The fourth-order valence-corrected chi connectivity index (χ4v) is 4.59. The van der Waals surface area contributed by atoms with Crippen LogP contribution < -0.4 is 4.72 Å². The third-order valence-electron chi connectivity index (χ3n) is 2.88. The fourth-order valence-electron chi connectivity index (χ4n) is 1.76. The van der Waals surface area contributed by atoms with E-state index in [-0.39, 0.29) is 27.1 Å². The highest BCUT2D eigenvalue weighted by Crippen LogP contribution is 2.36. The number of halogens is 1. The molecule has 1 aliphatic carbocycles. The zero-order valence-corrected chi connectivity index (χ0v) is 12.0. The normalized spacial score (nSPS) is 23.1. The van der Waals surface area contributed by atoms with Crippen LogP contribution in [0.15, 0.2) is 10.3 Å². The van der Waals surface area contributed by atoms with E-state index in [1.54, 1.807) is 0 Å². The Kier molecular flexibility index (Phi) is 4.11. The molecule has 2 N–H and O–H groups in total. The van der Waals surface area contributed by atoms with E-state index in [0.717, 1.165) is 6.07 Å². The van der Waals surface area contributed by atoms with Crippen molar-refractivity contribution in [1.82, 2.24) is 4.72 Å². The smallest absolute Gasteiger partial charge is 0.300 e. The standard InChI is InChI=1S/C9H11ClN2O5S2/c10-9-7(12(14)15)3-8(18-9)19(16,17)11-4-5-1-6(13)2-5/h3,5-6,11,13H,1-2,4H2. The predicted octanol–water partition coefficient (Wildman–Crippen LogP) is 1.36. The maximum absolute atomic E-state index is 11.9. The molecular weight excluding hydrogens is 316 g/mol. The largest absolute Gasteiger partial charge is 0.393 e. The minimum absolute atomic E-state index is 0.107. The molecule has 0 atom stereocenters. The molecule has 0 unspecified atom stereocenters. The predicted molar refractivity (Wildman–Crippen MR) is 69.9 cm³/mol. The third-order valence-corrected chi connectivity index (χ3v) is 6.12. The first-order chi connectivity index (χ1) is 8.79. The lowest BCUT2D eigenvalue weighted by molar-refractivity contribution is -0.384. The molecule has 0 aliphatic heterocycles. The second kappa shape index (κ2) is 5.33. The van der Waals surface area contributed by atoms with Crippen LogP contribution in [-0.4, -0.2) is 31.1 Å². The summed E-state index contributed by atoms with van der Waals surface area (Å²) in [6.45, 7) is 0.211. The molecule has 10 heteroatoms. The van der Waals surface area contributed by atoms with Gasteiger partial charge in [-0.2, -0.15) is 0 Å². The number of hydrogen-bond donors (Lipinski definition) is 2. The molecule has 1 aliphatic rings. The van der Waals surface area contributed by atoms with Crippen molar-refractivity contribution in [2.75, 3.05) is 6.54 Å². The van der Waals surface area contributed by atoms with E-state index in [1.165, 1.54) is 0 Å². The second-order valence-electron chi connectivity index (χ2n) is 4.32. The number of aliphatic hydroxyl groups is 1. The molecule has 1 aromatic heterocycles. The van der Waals surface area contributed by atoms with E-state index in [1.807, 2.05) is 0 Å². The molecule has 1 aromatic rings. The van der Waals surface area contributed by atoms with E-state index >= 15 is 0 Å². The Morgan fingerprint density at radius 2 is 2.21 bits per heavy atom. The molecule has 0 radical (unpaired) electrons. The molecular formula is C9H11ClN2O5S2. The zero-order chi connectivity index (χ0) is 14.2. The van der Waals surface area contributed by atoms with Crippen molar-refractivity contribution in [1.29, 1.82) is 0 Å². The van der Waals surface area contributed by atoms with Crippen molar-refractivity contribution in [3.05, 3.63) is 20.5 Å². The van der Waals surface area contributed by atoms with Crippen LogP contribution in [0, 0.1) is 16.0 Å². The van der Waals surface area contributed by atoms with Gasteiger partial charge in [0.2, 0.25) is 10.0 Å². The maximum atomic E-state index is 11.9. The van der Waals surface area contributed by atoms with Crippen molar-refractivity contribution in [3.8, 4) is 0 Å². The number of thiophene rings is 1. The SMILES string of the molecule is O=[N+]([O-])c1cc(S(=O)(=O)NCC2CC(O)C2)sc1Cl. The van der Waals surface area contributed by atoms with E-state index in [4.69, 9.17) is 16.7 Å². The minimum atomic E-state index is -3.79. The van der Waals surface area contributed by atoms with Crippen molar-refractivity contribution in [3.63, 3.8) is 0 Å². The molecule has 106 valence electrons. The third kappa shape index (κ3) is 3.23. The van der Waals surface area contributed by atoms with Gasteiger partial charge in [0.25, 0.3) is 5.69 Å². The van der Waals surface area contributed by atoms with Gasteiger partial charge in [-0.15, -0.1) is 11.3 Å². The van der Waals surface area contributed by atoms with Crippen molar-refractivity contribution in [2.24, 2.45) is 5.92 Å². The first-order valence-corrected chi connectivity index (χ1v) is 8.09. The van der Waals surface area contributed by atoms with Crippen molar-refractivity contribution >= 4 is 38.6 Å². The summed E-state index contributed by atoms with van der Waals surface area (Å²) in [5, 5.41) is 19.7. The quantitative estimate of drug-likeness (QED) is 0.627. The summed E-state index contributed by atoms with van der Waals surface area (Å²) in [7, 11) is -3.79. The van der Waals surface area contributed by atoms with Gasteiger partial charge in [-0.05, 0) is 18.8 Å². The van der Waals surface area contributed by atoms with Gasteiger partial charge in [-0.3, -0.25) is 10.1 Å². The Bertz CT molecular complexity index is 594. The van der Waals surface area contributed by atoms with Gasteiger partial charge < -0.3 is 5.11 Å². The summed E-state index contributed by atoms with van der Waals surface area (Å²) in [6, 6.07) is 0.949. The Hall–Kier alpha value is -0.740. The number of hydrogen-bond acceptors (Lipinski definition) is 6. The highest BCUT2D eigenvalue weighted by atomic mass is 35.5. The summed E-state index contributed by atoms with van der Waals surface area (Å²) in [6.07, 6.45) is 0.772. The van der Waals surface area contributed by atoms with Crippen molar-refractivity contribution in [2.45, 2.75) is 23.2 Å². The van der Waals surface area contributed by atoms with Crippen LogP contribution in [0.3, 0.4) is 0 Å². The minimum Gasteiger partial charge on any atom is -0.393 e. The fraction of sp³-hybridized carbons (Fsp3) is 0.556. The Morgan fingerprint density at radius 1 is 1.58 bits per heavy atom. The van der Waals surface area contributed by atoms with Crippen LogP contribution >= 0.6 is 22.9 Å². The lowest BCUT2D eigenvalue weighted by Crippen LogP contribution is -2.38. The highest BCUT2D eigenvalue weighted by molar-refractivity contribution is 7.91. The number of nitrogens with zero attached hydrogens (tertiary/aromatic N) is 1. The van der Waals surface area contributed by atoms with E-state index in [9.17, 15) is 18.5 Å². The lowest BCUT2D eigenvalue weighted by atomic mass is 9.83. The van der Waals surface area contributed by atoms with Crippen LogP contribution in [0.4, 0.5) is 5.69 Å². The summed E-state index contributed by atoms with van der Waals surface area (Å²) < 4.78 is 25.8. The number of nitro groups is 1. The van der Waals surface area contributed by atoms with Crippen LogP contribution in [0.1, 0.15) is 12.8 Å².